The van der Waals surface area contributed by atoms with E-state index in [-0.39, 0.29) is 28.3 Å². The Morgan fingerprint density at radius 3 is 2.52 bits per heavy atom. The number of nitrogens with zero attached hydrogens (tertiary/aromatic N) is 1. The van der Waals surface area contributed by atoms with Gasteiger partial charge in [0.1, 0.15) is 0 Å². The molecule has 23 heavy (non-hydrogen) atoms. The van der Waals surface area contributed by atoms with Crippen molar-refractivity contribution in [2.24, 2.45) is 5.92 Å². The molecule has 0 atom stereocenters. The van der Waals surface area contributed by atoms with Crippen LogP contribution in [-0.4, -0.2) is 53.6 Å². The van der Waals surface area contributed by atoms with Gasteiger partial charge in [-0.1, -0.05) is 17.7 Å². The number of amides is 1. The minimum Gasteiger partial charge on any atom is -0.466 e. The Labute approximate surface area is 140 Å². The third-order valence-corrected chi connectivity index (χ3v) is 4.25. The van der Waals surface area contributed by atoms with E-state index in [1.54, 1.807) is 11.8 Å². The van der Waals surface area contributed by atoms with Crippen LogP contribution in [0.15, 0.2) is 18.2 Å². The van der Waals surface area contributed by atoms with Crippen LogP contribution < -0.4 is 5.46 Å². The van der Waals surface area contributed by atoms with Crippen molar-refractivity contribution in [3.05, 3.63) is 28.8 Å². The summed E-state index contributed by atoms with van der Waals surface area (Å²) in [6, 6.07) is 4.36. The molecule has 1 saturated heterocycles. The molecule has 8 heteroatoms. The summed E-state index contributed by atoms with van der Waals surface area (Å²) in [5.41, 5.74) is 0.540. The maximum absolute atomic E-state index is 12.5. The van der Waals surface area contributed by atoms with E-state index in [2.05, 4.69) is 0 Å². The predicted octanol–water partition coefficient (Wildman–Crippen LogP) is 0.435. The van der Waals surface area contributed by atoms with Crippen molar-refractivity contribution in [1.82, 2.24) is 4.90 Å². The topological polar surface area (TPSA) is 87.1 Å². The zero-order valence-corrected chi connectivity index (χ0v) is 13.6. The van der Waals surface area contributed by atoms with Gasteiger partial charge in [-0.3, -0.25) is 9.59 Å². The standard InChI is InChI=1S/C15H19BClNO5/c1-2-23-15(20)10-5-7-18(8-6-10)14(19)11-3-4-12(16(21)22)13(17)9-11/h3-4,9-10,21-22H,2,5-8H2,1H3. The minimum atomic E-state index is -1.67. The van der Waals surface area contributed by atoms with E-state index >= 15 is 0 Å². The van der Waals surface area contributed by atoms with Crippen LogP contribution in [0, 0.1) is 5.92 Å². The van der Waals surface area contributed by atoms with Gasteiger partial charge in [0.05, 0.1) is 12.5 Å². The molecule has 0 radical (unpaired) electrons. The van der Waals surface area contributed by atoms with Gasteiger partial charge in [-0.05, 0) is 31.9 Å². The summed E-state index contributed by atoms with van der Waals surface area (Å²) in [5, 5.41) is 18.4. The zero-order chi connectivity index (χ0) is 17.0. The van der Waals surface area contributed by atoms with Gasteiger partial charge in [-0.15, -0.1) is 0 Å². The lowest BCUT2D eigenvalue weighted by Gasteiger charge is -2.31. The molecule has 1 aliphatic heterocycles. The van der Waals surface area contributed by atoms with Crippen LogP contribution >= 0.6 is 11.6 Å². The van der Waals surface area contributed by atoms with Crippen LogP contribution in [0.4, 0.5) is 0 Å². The molecule has 1 aromatic carbocycles. The predicted molar refractivity (Wildman–Crippen MR) is 86.5 cm³/mol. The molecule has 0 bridgehead atoms. The van der Waals surface area contributed by atoms with Crippen LogP contribution in [0.2, 0.25) is 5.02 Å². The summed E-state index contributed by atoms with van der Waals surface area (Å²) in [4.78, 5) is 25.8. The van der Waals surface area contributed by atoms with Crippen molar-refractivity contribution in [1.29, 1.82) is 0 Å². The molecule has 0 aliphatic carbocycles. The molecule has 1 aliphatic rings. The molecular formula is C15H19BClNO5. The monoisotopic (exact) mass is 339 g/mol. The number of ether oxygens (including phenoxy) is 1. The van der Waals surface area contributed by atoms with Crippen LogP contribution in [0.3, 0.4) is 0 Å². The molecule has 6 nitrogen and oxygen atoms in total. The Kier molecular flexibility index (Phi) is 6.04. The fourth-order valence-electron chi connectivity index (χ4n) is 2.63. The molecule has 2 rings (SSSR count). The van der Waals surface area contributed by atoms with E-state index in [1.165, 1.54) is 18.2 Å². The number of piperidine rings is 1. The average molecular weight is 340 g/mol. The summed E-state index contributed by atoms with van der Waals surface area (Å²) in [7, 11) is -1.67. The molecule has 1 amide bonds. The Hall–Kier alpha value is -1.57. The summed E-state index contributed by atoms with van der Waals surface area (Å²) in [6.45, 7) is 3.08. The molecule has 1 aromatic rings. The minimum absolute atomic E-state index is 0.132. The maximum atomic E-state index is 12.5. The van der Waals surface area contributed by atoms with E-state index in [9.17, 15) is 9.59 Å². The molecule has 0 aromatic heterocycles. The first-order valence-electron chi connectivity index (χ1n) is 7.55. The molecule has 124 valence electrons. The first-order valence-corrected chi connectivity index (χ1v) is 7.93. The average Bonchev–Trinajstić information content (AvgIpc) is 2.54. The lowest BCUT2D eigenvalue weighted by Crippen LogP contribution is -2.41. The van der Waals surface area contributed by atoms with E-state index < -0.39 is 7.12 Å². The fourth-order valence-corrected chi connectivity index (χ4v) is 2.91. The number of benzene rings is 1. The highest BCUT2D eigenvalue weighted by Gasteiger charge is 2.29. The number of esters is 1. The second-order valence-corrected chi connectivity index (χ2v) is 5.84. The molecule has 1 fully saturated rings. The van der Waals surface area contributed by atoms with Gasteiger partial charge in [-0.25, -0.2) is 0 Å². The number of hydrogen-bond donors (Lipinski definition) is 2. The van der Waals surface area contributed by atoms with Gasteiger partial charge < -0.3 is 19.7 Å². The van der Waals surface area contributed by atoms with Gasteiger partial charge in [0.25, 0.3) is 5.91 Å². The first kappa shape index (κ1) is 17.8. The highest BCUT2D eigenvalue weighted by atomic mass is 35.5. The largest absolute Gasteiger partial charge is 0.489 e. The van der Waals surface area contributed by atoms with Crippen molar-refractivity contribution >= 4 is 36.1 Å². The number of likely N-dealkylation sites (tertiary alicyclic amines) is 1. The van der Waals surface area contributed by atoms with Gasteiger partial charge in [0.2, 0.25) is 0 Å². The highest BCUT2D eigenvalue weighted by molar-refractivity contribution is 6.62. The SMILES string of the molecule is CCOC(=O)C1CCN(C(=O)c2ccc(B(O)O)c(Cl)c2)CC1. The number of carbonyl (C=O) groups is 2. The third-order valence-electron chi connectivity index (χ3n) is 3.93. The third kappa shape index (κ3) is 4.25. The van der Waals surface area contributed by atoms with E-state index in [4.69, 9.17) is 26.4 Å². The van der Waals surface area contributed by atoms with Crippen LogP contribution in [0.5, 0.6) is 0 Å². The summed E-state index contributed by atoms with van der Waals surface area (Å²) >= 11 is 5.95. The van der Waals surface area contributed by atoms with Crippen molar-refractivity contribution in [3.8, 4) is 0 Å². The summed E-state index contributed by atoms with van der Waals surface area (Å²) in [6.07, 6.45) is 1.15. The molecule has 2 N–H and O–H groups in total. The molecule has 0 saturated carbocycles. The quantitative estimate of drug-likeness (QED) is 0.614. The Morgan fingerprint density at radius 2 is 2.00 bits per heavy atom. The van der Waals surface area contributed by atoms with E-state index in [0.29, 0.717) is 38.1 Å². The van der Waals surface area contributed by atoms with Crippen LogP contribution in [0.1, 0.15) is 30.1 Å². The van der Waals surface area contributed by atoms with Crippen molar-refractivity contribution in [2.75, 3.05) is 19.7 Å². The summed E-state index contributed by atoms with van der Waals surface area (Å²) in [5.74, 6) is -0.549. The van der Waals surface area contributed by atoms with Crippen molar-refractivity contribution in [3.63, 3.8) is 0 Å². The van der Waals surface area contributed by atoms with Crippen molar-refractivity contribution in [2.45, 2.75) is 19.8 Å². The smallest absolute Gasteiger partial charge is 0.466 e. The molecular weight excluding hydrogens is 320 g/mol. The summed E-state index contributed by atoms with van der Waals surface area (Å²) < 4.78 is 5.01. The second-order valence-electron chi connectivity index (χ2n) is 5.43. The normalized spacial score (nSPS) is 15.4. The van der Waals surface area contributed by atoms with Gasteiger partial charge >= 0.3 is 13.1 Å². The van der Waals surface area contributed by atoms with Gasteiger partial charge in [-0.2, -0.15) is 0 Å². The van der Waals surface area contributed by atoms with Crippen LogP contribution in [0.25, 0.3) is 0 Å². The number of hydrogen-bond acceptors (Lipinski definition) is 5. The molecule has 0 unspecified atom stereocenters. The number of halogens is 1. The van der Waals surface area contributed by atoms with Gasteiger partial charge in [0.15, 0.2) is 0 Å². The van der Waals surface area contributed by atoms with Gasteiger partial charge in [0, 0.05) is 29.1 Å². The van der Waals surface area contributed by atoms with Crippen molar-refractivity contribution < 1.29 is 24.4 Å². The lowest BCUT2D eigenvalue weighted by molar-refractivity contribution is -0.149. The molecule has 1 heterocycles. The van der Waals surface area contributed by atoms with E-state index in [0.717, 1.165) is 0 Å². The Bertz CT molecular complexity index is 587. The lowest BCUT2D eigenvalue weighted by atomic mass is 9.80. The zero-order valence-electron chi connectivity index (χ0n) is 12.9. The Morgan fingerprint density at radius 1 is 1.35 bits per heavy atom. The van der Waals surface area contributed by atoms with E-state index in [1.807, 2.05) is 0 Å². The number of rotatable bonds is 4. The first-order chi connectivity index (χ1) is 10.9. The van der Waals surface area contributed by atoms with Crippen LogP contribution in [-0.2, 0) is 9.53 Å². The fraction of sp³-hybridized carbons (Fsp3) is 0.467. The second kappa shape index (κ2) is 7.81. The maximum Gasteiger partial charge on any atom is 0.489 e. The molecule has 0 spiro atoms. The number of carbonyl (C=O) groups excluding carboxylic acids is 2. The Balaban J connectivity index is 2.00. The highest BCUT2D eigenvalue weighted by Crippen LogP contribution is 2.21.